The number of anilines is 1. The number of hydrogen-bond donors (Lipinski definition) is 2. The van der Waals surface area contributed by atoms with E-state index in [9.17, 15) is 9.59 Å². The van der Waals surface area contributed by atoms with Gasteiger partial charge in [0.15, 0.2) is 0 Å². The van der Waals surface area contributed by atoms with Gasteiger partial charge < -0.3 is 15.2 Å². The van der Waals surface area contributed by atoms with E-state index < -0.39 is 5.97 Å². The molecule has 2 aromatic rings. The molecular weight excluding hydrogens is 452 g/mol. The summed E-state index contributed by atoms with van der Waals surface area (Å²) in [4.78, 5) is 25.7. The summed E-state index contributed by atoms with van der Waals surface area (Å²) in [7, 11) is 0. The second kappa shape index (κ2) is 12.3. The number of urea groups is 1. The maximum absolute atomic E-state index is 12.9. The third kappa shape index (κ3) is 6.59. The van der Waals surface area contributed by atoms with Crippen LogP contribution < -0.4 is 15.0 Å². The molecule has 0 spiro atoms. The predicted octanol–water partition coefficient (Wildman–Crippen LogP) is 6.98. The van der Waals surface area contributed by atoms with Gasteiger partial charge >= 0.3 is 12.0 Å². The summed E-state index contributed by atoms with van der Waals surface area (Å²) in [6, 6.07) is 14.8. The molecule has 0 saturated heterocycles. The van der Waals surface area contributed by atoms with Crippen LogP contribution >= 0.6 is 0 Å². The van der Waals surface area contributed by atoms with Crippen molar-refractivity contribution < 1.29 is 19.4 Å². The van der Waals surface area contributed by atoms with Crippen LogP contribution in [-0.4, -0.2) is 36.3 Å². The van der Waals surface area contributed by atoms with Crippen molar-refractivity contribution in [2.75, 3.05) is 18.0 Å². The molecule has 2 N–H and O–H groups in total. The molecule has 0 bridgehead atoms. The lowest BCUT2D eigenvalue weighted by atomic mass is 9.77. The highest BCUT2D eigenvalue weighted by Crippen LogP contribution is 2.39. The van der Waals surface area contributed by atoms with E-state index in [0.717, 1.165) is 61.1 Å². The lowest BCUT2D eigenvalue weighted by Crippen LogP contribution is -2.47. The molecule has 6 nitrogen and oxygen atoms in total. The van der Waals surface area contributed by atoms with Crippen LogP contribution in [0.3, 0.4) is 0 Å². The molecule has 1 fully saturated rings. The van der Waals surface area contributed by atoms with E-state index in [0.29, 0.717) is 31.3 Å². The number of carboxylic acids is 1. The van der Waals surface area contributed by atoms with Gasteiger partial charge in [-0.3, -0.25) is 9.69 Å². The van der Waals surface area contributed by atoms with Crippen molar-refractivity contribution in [3.05, 3.63) is 48.0 Å². The lowest BCUT2D eigenvalue weighted by Gasteiger charge is -2.33. The van der Waals surface area contributed by atoms with Crippen molar-refractivity contribution in [2.24, 2.45) is 5.92 Å². The van der Waals surface area contributed by atoms with Gasteiger partial charge in [0.2, 0.25) is 0 Å². The number of ether oxygens (including phenoxy) is 1. The fraction of sp³-hybridized carbons (Fsp3) is 0.533. The highest BCUT2D eigenvalue weighted by molar-refractivity contribution is 5.94. The molecule has 2 aliphatic rings. The molecule has 1 aliphatic heterocycles. The van der Waals surface area contributed by atoms with E-state index in [2.05, 4.69) is 42.6 Å². The standard InChI is InChI=1S/C30H40N2O4/c1-3-4-5-6-17-31-30(35)32-20-21(2)36-28-19-26(15-16-27(28)32)25-13-11-24(12-14-25)23-9-7-22(8-10-23)18-29(33)34/h11-16,19,21-23H,3-10,17-18,20H2,1-2H3,(H,31,35)(H,33,34). The van der Waals surface area contributed by atoms with Gasteiger partial charge in [0.25, 0.3) is 0 Å². The Labute approximate surface area is 215 Å². The van der Waals surface area contributed by atoms with E-state index in [-0.39, 0.29) is 12.1 Å². The number of amides is 2. The Balaban J connectivity index is 1.40. The Morgan fingerprint density at radius 3 is 2.42 bits per heavy atom. The first-order valence-corrected chi connectivity index (χ1v) is 13.6. The zero-order valence-electron chi connectivity index (χ0n) is 21.7. The molecular formula is C30H40N2O4. The normalized spacial score (nSPS) is 21.4. The number of rotatable bonds is 9. The van der Waals surface area contributed by atoms with E-state index in [1.54, 1.807) is 4.90 Å². The Kier molecular flexibility index (Phi) is 8.89. The highest BCUT2D eigenvalue weighted by Gasteiger charge is 2.28. The summed E-state index contributed by atoms with van der Waals surface area (Å²) in [5.41, 5.74) is 4.34. The molecule has 2 amide bonds. The van der Waals surface area contributed by atoms with Crippen LogP contribution in [-0.2, 0) is 4.79 Å². The monoisotopic (exact) mass is 492 g/mol. The van der Waals surface area contributed by atoms with Crippen LogP contribution in [0.5, 0.6) is 5.75 Å². The van der Waals surface area contributed by atoms with Gasteiger partial charge in [-0.25, -0.2) is 4.79 Å². The number of benzene rings is 2. The van der Waals surface area contributed by atoms with Crippen LogP contribution in [0.2, 0.25) is 0 Å². The summed E-state index contributed by atoms with van der Waals surface area (Å²) in [5, 5.41) is 12.1. The molecule has 1 unspecified atom stereocenters. The zero-order chi connectivity index (χ0) is 25.5. The minimum Gasteiger partial charge on any atom is -0.487 e. The molecule has 1 aliphatic carbocycles. The van der Waals surface area contributed by atoms with Gasteiger partial charge in [-0.15, -0.1) is 0 Å². The van der Waals surface area contributed by atoms with E-state index >= 15 is 0 Å². The van der Waals surface area contributed by atoms with Crippen LogP contribution in [0.25, 0.3) is 11.1 Å². The maximum atomic E-state index is 12.9. The largest absolute Gasteiger partial charge is 0.487 e. The predicted molar refractivity (Wildman–Crippen MR) is 144 cm³/mol. The molecule has 4 rings (SSSR count). The Hall–Kier alpha value is -3.02. The number of fused-ring (bicyclic) bond motifs is 1. The number of carbonyl (C=O) groups excluding carboxylic acids is 1. The van der Waals surface area contributed by atoms with Crippen LogP contribution in [0.15, 0.2) is 42.5 Å². The second-order valence-electron chi connectivity index (χ2n) is 10.5. The molecule has 1 atom stereocenters. The summed E-state index contributed by atoms with van der Waals surface area (Å²) in [6.45, 7) is 5.42. The number of hydrogen-bond acceptors (Lipinski definition) is 3. The van der Waals surface area contributed by atoms with Gasteiger partial charge in [0, 0.05) is 13.0 Å². The number of unbranched alkanes of at least 4 members (excludes halogenated alkanes) is 3. The maximum Gasteiger partial charge on any atom is 0.322 e. The molecule has 1 saturated carbocycles. The van der Waals surface area contributed by atoms with E-state index in [4.69, 9.17) is 9.84 Å². The topological polar surface area (TPSA) is 78.9 Å². The molecule has 0 aromatic heterocycles. The third-order valence-electron chi connectivity index (χ3n) is 7.60. The van der Waals surface area contributed by atoms with Gasteiger partial charge in [0.05, 0.1) is 12.2 Å². The first kappa shape index (κ1) is 26.1. The van der Waals surface area contributed by atoms with Gasteiger partial charge in [-0.2, -0.15) is 0 Å². The van der Waals surface area contributed by atoms with Crippen molar-refractivity contribution in [3.8, 4) is 16.9 Å². The Bertz CT molecular complexity index is 1030. The van der Waals surface area contributed by atoms with E-state index in [1.165, 1.54) is 18.4 Å². The number of carboxylic acid groups (broad SMARTS) is 1. The fourth-order valence-corrected chi connectivity index (χ4v) is 5.55. The number of nitrogens with one attached hydrogen (secondary N) is 1. The van der Waals surface area contributed by atoms with Gasteiger partial charge in [-0.05, 0) is 79.7 Å². The van der Waals surface area contributed by atoms with Crippen LogP contribution in [0, 0.1) is 5.92 Å². The van der Waals surface area contributed by atoms with Crippen molar-refractivity contribution in [1.82, 2.24) is 5.32 Å². The SMILES string of the molecule is CCCCCCNC(=O)N1CC(C)Oc2cc(-c3ccc(C4CCC(CC(=O)O)CC4)cc3)ccc21. The summed E-state index contributed by atoms with van der Waals surface area (Å²) >= 11 is 0. The Morgan fingerprint density at radius 1 is 1.00 bits per heavy atom. The molecule has 0 radical (unpaired) electrons. The lowest BCUT2D eigenvalue weighted by molar-refractivity contribution is -0.138. The van der Waals surface area contributed by atoms with Crippen LogP contribution in [0.1, 0.15) is 83.1 Å². The molecule has 36 heavy (non-hydrogen) atoms. The molecule has 6 heteroatoms. The number of carbonyl (C=O) groups is 2. The zero-order valence-corrected chi connectivity index (χ0v) is 21.7. The van der Waals surface area contributed by atoms with Gasteiger partial charge in [0.1, 0.15) is 11.9 Å². The van der Waals surface area contributed by atoms with Crippen molar-refractivity contribution in [1.29, 1.82) is 0 Å². The highest BCUT2D eigenvalue weighted by atomic mass is 16.5. The first-order chi connectivity index (χ1) is 17.4. The summed E-state index contributed by atoms with van der Waals surface area (Å²) in [6.07, 6.45) is 8.83. The quantitative estimate of drug-likeness (QED) is 0.370. The number of nitrogens with zero attached hydrogens (tertiary/aromatic N) is 1. The smallest absolute Gasteiger partial charge is 0.322 e. The van der Waals surface area contributed by atoms with Crippen LogP contribution in [0.4, 0.5) is 10.5 Å². The van der Waals surface area contributed by atoms with Crippen molar-refractivity contribution in [3.63, 3.8) is 0 Å². The third-order valence-corrected chi connectivity index (χ3v) is 7.60. The average Bonchev–Trinajstić information content (AvgIpc) is 2.88. The minimum absolute atomic E-state index is 0.0573. The van der Waals surface area contributed by atoms with Crippen molar-refractivity contribution >= 4 is 17.7 Å². The number of aliphatic carboxylic acids is 1. The molecule has 2 aromatic carbocycles. The minimum atomic E-state index is -0.683. The van der Waals surface area contributed by atoms with E-state index in [1.807, 2.05) is 19.1 Å². The molecule has 1 heterocycles. The Morgan fingerprint density at radius 2 is 1.72 bits per heavy atom. The molecule has 194 valence electrons. The first-order valence-electron chi connectivity index (χ1n) is 13.6. The average molecular weight is 493 g/mol. The second-order valence-corrected chi connectivity index (χ2v) is 10.5. The summed E-state index contributed by atoms with van der Waals surface area (Å²) in [5.74, 6) is 0.884. The van der Waals surface area contributed by atoms with Gasteiger partial charge in [-0.1, -0.05) is 56.5 Å². The fourth-order valence-electron chi connectivity index (χ4n) is 5.55. The van der Waals surface area contributed by atoms with Crippen molar-refractivity contribution in [2.45, 2.75) is 83.7 Å². The summed E-state index contributed by atoms with van der Waals surface area (Å²) < 4.78 is 6.12.